The van der Waals surface area contributed by atoms with Crippen LogP contribution in [0, 0.1) is 18.8 Å². The topological polar surface area (TPSA) is 136 Å². The fourth-order valence-corrected chi connectivity index (χ4v) is 6.64. The van der Waals surface area contributed by atoms with Gasteiger partial charge in [-0.2, -0.15) is 0 Å². The van der Waals surface area contributed by atoms with Crippen LogP contribution < -0.4 is 15.7 Å². The third-order valence-corrected chi connectivity index (χ3v) is 8.83. The van der Waals surface area contributed by atoms with Gasteiger partial charge in [-0.1, -0.05) is 41.7 Å². The van der Waals surface area contributed by atoms with E-state index >= 15 is 0 Å². The first kappa shape index (κ1) is 26.1. The third kappa shape index (κ3) is 4.88. The average molecular weight is 578 g/mol. The molecule has 4 aromatic heterocycles. The highest BCUT2D eigenvalue weighted by Crippen LogP contribution is 2.41. The number of amides is 1. The van der Waals surface area contributed by atoms with Crippen molar-refractivity contribution in [3.63, 3.8) is 0 Å². The van der Waals surface area contributed by atoms with Crippen molar-refractivity contribution in [2.24, 2.45) is 11.8 Å². The van der Waals surface area contributed by atoms with Crippen LogP contribution in [-0.2, 0) is 11.4 Å². The summed E-state index contributed by atoms with van der Waals surface area (Å²) in [6.07, 6.45) is 8.92. The third-order valence-electron chi connectivity index (χ3n) is 8.62. The van der Waals surface area contributed by atoms with E-state index < -0.39 is 12.3 Å². The minimum absolute atomic E-state index is 0.0103. The molecule has 2 saturated heterocycles. The highest BCUT2D eigenvalue weighted by atomic mass is 35.5. The summed E-state index contributed by atoms with van der Waals surface area (Å²) in [6.45, 7) is 5.93. The summed E-state index contributed by atoms with van der Waals surface area (Å²) >= 11 is 6.41. The number of aryl methyl sites for hydroxylation is 1. The summed E-state index contributed by atoms with van der Waals surface area (Å²) in [5.41, 5.74) is 8.10. The van der Waals surface area contributed by atoms with E-state index in [1.807, 2.05) is 19.1 Å². The molecule has 2 N–H and O–H groups in total. The number of aromatic nitrogens is 6. The molecule has 1 amide bonds. The Labute approximate surface area is 241 Å². The van der Waals surface area contributed by atoms with Gasteiger partial charge in [-0.25, -0.2) is 19.4 Å². The molecule has 3 aliphatic rings. The number of rotatable bonds is 6. The number of carbonyl (C=O) groups is 1. The zero-order chi connectivity index (χ0) is 28.1. The second-order valence-corrected chi connectivity index (χ2v) is 11.9. The molecular formula is C28H32ClN9O3. The van der Waals surface area contributed by atoms with Crippen molar-refractivity contribution < 1.29 is 14.3 Å². The molecule has 4 aromatic rings. The Bertz CT molecular complexity index is 1600. The normalized spacial score (nSPS) is 24.7. The van der Waals surface area contributed by atoms with Crippen molar-refractivity contribution in [1.29, 1.82) is 0 Å². The van der Waals surface area contributed by atoms with Crippen LogP contribution in [0.5, 0.6) is 0 Å². The van der Waals surface area contributed by atoms with Gasteiger partial charge < -0.3 is 14.3 Å². The zero-order valence-corrected chi connectivity index (χ0v) is 23.8. The lowest BCUT2D eigenvalue weighted by Gasteiger charge is -2.30. The predicted octanol–water partition coefficient (Wildman–Crippen LogP) is 5.25. The van der Waals surface area contributed by atoms with Gasteiger partial charge in [0, 0.05) is 31.0 Å². The largest absolute Gasteiger partial charge is 0.427 e. The fourth-order valence-electron chi connectivity index (χ4n) is 6.47. The number of fused-ring (bicyclic) bond motifs is 1. The van der Waals surface area contributed by atoms with E-state index in [2.05, 4.69) is 42.5 Å². The molecular weight excluding hydrogens is 546 g/mol. The van der Waals surface area contributed by atoms with Crippen LogP contribution in [0.1, 0.15) is 74.7 Å². The van der Waals surface area contributed by atoms with Crippen molar-refractivity contribution in [2.75, 3.05) is 11.4 Å². The molecule has 1 saturated carbocycles. The average Bonchev–Trinajstić information content (AvgIpc) is 3.76. The van der Waals surface area contributed by atoms with E-state index in [4.69, 9.17) is 31.0 Å². The number of hydrogen-bond donors (Lipinski definition) is 2. The molecule has 13 heteroatoms. The second kappa shape index (κ2) is 10.6. The van der Waals surface area contributed by atoms with Crippen molar-refractivity contribution in [2.45, 2.75) is 71.1 Å². The first-order chi connectivity index (χ1) is 19.9. The lowest BCUT2D eigenvalue weighted by molar-refractivity contribution is 0.121. The summed E-state index contributed by atoms with van der Waals surface area (Å²) in [4.78, 5) is 33.8. The maximum atomic E-state index is 11.8. The summed E-state index contributed by atoms with van der Waals surface area (Å²) in [7, 11) is 0. The molecule has 0 bridgehead atoms. The van der Waals surface area contributed by atoms with Gasteiger partial charge in [-0.3, -0.25) is 10.3 Å². The highest BCUT2D eigenvalue weighted by molar-refractivity contribution is 6.30. The molecule has 1 aliphatic carbocycles. The Hall–Kier alpha value is -3.77. The van der Waals surface area contributed by atoms with Crippen LogP contribution in [0.4, 0.5) is 10.7 Å². The Kier molecular flexibility index (Phi) is 6.74. The molecule has 41 heavy (non-hydrogen) atoms. The van der Waals surface area contributed by atoms with E-state index in [1.165, 1.54) is 25.7 Å². The SMILES string of the molecule is Cc1nonc1C1CCCN1c1nc2cc(C3NOC(=O)N3)nc(-c3cncc(Cl)c3)c2n1CC1CCC(C)CC1. The van der Waals surface area contributed by atoms with Gasteiger partial charge in [-0.15, -0.1) is 5.48 Å². The molecule has 7 rings (SSSR count). The van der Waals surface area contributed by atoms with E-state index in [-0.39, 0.29) is 6.04 Å². The number of hydrogen-bond acceptors (Lipinski definition) is 10. The lowest BCUT2D eigenvalue weighted by Crippen LogP contribution is -2.28. The van der Waals surface area contributed by atoms with Gasteiger partial charge in [0.15, 0.2) is 6.17 Å². The molecule has 0 aromatic carbocycles. The van der Waals surface area contributed by atoms with Crippen molar-refractivity contribution in [1.82, 2.24) is 40.6 Å². The Morgan fingerprint density at radius 1 is 1.10 bits per heavy atom. The van der Waals surface area contributed by atoms with Crippen molar-refractivity contribution >= 4 is 34.7 Å². The van der Waals surface area contributed by atoms with E-state index in [1.54, 1.807) is 12.4 Å². The molecule has 12 nitrogen and oxygen atoms in total. The van der Waals surface area contributed by atoms with Gasteiger partial charge in [0.05, 0.1) is 33.5 Å². The minimum Gasteiger partial charge on any atom is -0.351 e. The van der Waals surface area contributed by atoms with E-state index in [0.717, 1.165) is 65.8 Å². The first-order valence-corrected chi connectivity index (χ1v) is 14.6. The Balaban J connectivity index is 1.42. The monoisotopic (exact) mass is 577 g/mol. The zero-order valence-electron chi connectivity index (χ0n) is 23.0. The van der Waals surface area contributed by atoms with Crippen molar-refractivity contribution in [3.8, 4) is 11.3 Å². The molecule has 2 atom stereocenters. The number of hydroxylamine groups is 1. The Morgan fingerprint density at radius 3 is 2.68 bits per heavy atom. The highest BCUT2D eigenvalue weighted by Gasteiger charge is 2.36. The molecule has 0 radical (unpaired) electrons. The first-order valence-electron chi connectivity index (χ1n) is 14.2. The van der Waals surface area contributed by atoms with Crippen molar-refractivity contribution in [3.05, 3.63) is 46.6 Å². The molecule has 0 spiro atoms. The number of halogens is 1. The van der Waals surface area contributed by atoms with Crippen LogP contribution in [0.25, 0.3) is 22.3 Å². The lowest BCUT2D eigenvalue weighted by atomic mass is 9.83. The number of imidazole rings is 1. The van der Waals surface area contributed by atoms with Crippen LogP contribution in [0.3, 0.4) is 0 Å². The molecule has 2 aliphatic heterocycles. The number of nitrogens with one attached hydrogen (secondary N) is 2. The summed E-state index contributed by atoms with van der Waals surface area (Å²) < 4.78 is 7.43. The van der Waals surface area contributed by atoms with Crippen LogP contribution >= 0.6 is 11.6 Å². The van der Waals surface area contributed by atoms with Gasteiger partial charge in [0.1, 0.15) is 11.4 Å². The second-order valence-electron chi connectivity index (χ2n) is 11.5. The van der Waals surface area contributed by atoms with Gasteiger partial charge in [0.25, 0.3) is 0 Å². The minimum atomic E-state index is -0.616. The maximum Gasteiger partial charge on any atom is 0.427 e. The number of anilines is 1. The quantitative estimate of drug-likeness (QED) is 0.312. The molecule has 2 unspecified atom stereocenters. The van der Waals surface area contributed by atoms with Gasteiger partial charge >= 0.3 is 6.09 Å². The maximum absolute atomic E-state index is 11.8. The molecule has 3 fully saturated rings. The van der Waals surface area contributed by atoms with E-state index in [9.17, 15) is 4.79 Å². The summed E-state index contributed by atoms with van der Waals surface area (Å²) in [5.74, 6) is 2.15. The van der Waals surface area contributed by atoms with Crippen LogP contribution in [-0.4, -0.2) is 42.5 Å². The smallest absolute Gasteiger partial charge is 0.351 e. The fraction of sp³-hybridized carbons (Fsp3) is 0.500. The van der Waals surface area contributed by atoms with Gasteiger partial charge in [-0.05, 0) is 56.6 Å². The number of carbonyl (C=O) groups excluding carboxylic acids is 1. The summed E-state index contributed by atoms with van der Waals surface area (Å²) in [5, 5.41) is 11.6. The van der Waals surface area contributed by atoms with Gasteiger partial charge in [0.2, 0.25) is 5.95 Å². The number of pyridine rings is 2. The van der Waals surface area contributed by atoms with Crippen LogP contribution in [0.2, 0.25) is 5.02 Å². The van der Waals surface area contributed by atoms with E-state index in [0.29, 0.717) is 22.3 Å². The van der Waals surface area contributed by atoms with Crippen LogP contribution in [0.15, 0.2) is 29.2 Å². The predicted molar refractivity (Wildman–Crippen MR) is 151 cm³/mol. The molecule has 6 heterocycles. The Morgan fingerprint density at radius 2 is 1.95 bits per heavy atom. The molecule has 214 valence electrons. The summed E-state index contributed by atoms with van der Waals surface area (Å²) in [6, 6.07) is 3.79. The standard InChI is InChI=1S/C28H32ClN9O3/c1-15-5-7-17(8-6-15)14-38-25-20(32-27(38)37-9-3-4-22(37)23-16(2)34-41-35-23)11-21(26-33-28(39)40-36-26)31-24(25)18-10-19(29)13-30-12-18/h10-13,15,17,22,26,36H,3-9,14H2,1-2H3,(H,33,39). The number of nitrogens with zero attached hydrogens (tertiary/aromatic N) is 7.